The average molecular weight is 410 g/mol. The smallest absolute Gasteiger partial charge is 0.319 e. The van der Waals surface area contributed by atoms with Crippen molar-refractivity contribution >= 4 is 17.6 Å². The van der Waals surface area contributed by atoms with E-state index in [1.807, 2.05) is 79.4 Å². The SMILES string of the molecule is CC(C)C(NC(=O)Nc1ccccc1)C(=O)N1CCCC(COc2ccccc2)C1. The van der Waals surface area contributed by atoms with Crippen LogP contribution in [0.1, 0.15) is 26.7 Å². The van der Waals surface area contributed by atoms with E-state index in [-0.39, 0.29) is 23.8 Å². The number of rotatable bonds is 7. The van der Waals surface area contributed by atoms with Gasteiger partial charge in [0.25, 0.3) is 0 Å². The molecule has 0 spiro atoms. The van der Waals surface area contributed by atoms with E-state index >= 15 is 0 Å². The minimum absolute atomic E-state index is 0.0139. The normalized spacial score (nSPS) is 17.3. The standard InChI is InChI=1S/C24H31N3O3/c1-18(2)22(26-24(29)25-20-11-5-3-6-12-20)23(28)27-15-9-10-19(16-27)17-30-21-13-7-4-8-14-21/h3-8,11-14,18-19,22H,9-10,15-17H2,1-2H3,(H2,25,26,29). The minimum Gasteiger partial charge on any atom is -0.493 e. The van der Waals surface area contributed by atoms with Gasteiger partial charge in [-0.2, -0.15) is 0 Å². The fourth-order valence-electron chi connectivity index (χ4n) is 3.67. The van der Waals surface area contributed by atoms with Crippen LogP contribution < -0.4 is 15.4 Å². The molecule has 0 aromatic heterocycles. The molecule has 0 bridgehead atoms. The van der Waals surface area contributed by atoms with Gasteiger partial charge in [0, 0.05) is 24.7 Å². The summed E-state index contributed by atoms with van der Waals surface area (Å²) < 4.78 is 5.89. The molecule has 2 aromatic carbocycles. The number of carbonyl (C=O) groups excluding carboxylic acids is 2. The Morgan fingerprint density at radius 3 is 2.40 bits per heavy atom. The molecule has 0 radical (unpaired) electrons. The van der Waals surface area contributed by atoms with Gasteiger partial charge in [-0.15, -0.1) is 0 Å². The number of urea groups is 1. The number of nitrogens with one attached hydrogen (secondary N) is 2. The van der Waals surface area contributed by atoms with Crippen molar-refractivity contribution in [1.29, 1.82) is 0 Å². The first-order valence-corrected chi connectivity index (χ1v) is 10.6. The zero-order valence-corrected chi connectivity index (χ0v) is 17.7. The van der Waals surface area contributed by atoms with Crippen LogP contribution in [0.3, 0.4) is 0 Å². The third-order valence-corrected chi connectivity index (χ3v) is 5.31. The Balaban J connectivity index is 1.55. The molecule has 0 aliphatic carbocycles. The van der Waals surface area contributed by atoms with Gasteiger partial charge in [-0.25, -0.2) is 4.79 Å². The van der Waals surface area contributed by atoms with Crippen LogP contribution in [0.2, 0.25) is 0 Å². The predicted molar refractivity (Wildman–Crippen MR) is 118 cm³/mol. The van der Waals surface area contributed by atoms with Gasteiger partial charge in [-0.05, 0) is 43.0 Å². The zero-order valence-electron chi connectivity index (χ0n) is 17.7. The molecule has 2 N–H and O–H groups in total. The summed E-state index contributed by atoms with van der Waals surface area (Å²) in [5.74, 6) is 1.09. The summed E-state index contributed by atoms with van der Waals surface area (Å²) in [6, 6.07) is 18.0. The van der Waals surface area contributed by atoms with E-state index < -0.39 is 6.04 Å². The number of ether oxygens (including phenoxy) is 1. The third-order valence-electron chi connectivity index (χ3n) is 5.31. The van der Waals surface area contributed by atoms with E-state index in [0.29, 0.717) is 25.4 Å². The second-order valence-electron chi connectivity index (χ2n) is 8.10. The lowest BCUT2D eigenvalue weighted by Gasteiger charge is -2.36. The van der Waals surface area contributed by atoms with Crippen LogP contribution in [-0.4, -0.2) is 42.6 Å². The molecule has 3 rings (SSSR count). The van der Waals surface area contributed by atoms with Gasteiger partial charge in [-0.3, -0.25) is 4.79 Å². The maximum Gasteiger partial charge on any atom is 0.319 e. The Hall–Kier alpha value is -3.02. The Kier molecular flexibility index (Phi) is 7.71. The monoisotopic (exact) mass is 409 g/mol. The van der Waals surface area contributed by atoms with Crippen molar-refractivity contribution in [3.8, 4) is 5.75 Å². The average Bonchev–Trinajstić information content (AvgIpc) is 2.77. The molecule has 2 unspecified atom stereocenters. The first kappa shape index (κ1) is 21.7. The van der Waals surface area contributed by atoms with Gasteiger partial charge < -0.3 is 20.3 Å². The lowest BCUT2D eigenvalue weighted by molar-refractivity contribution is -0.136. The quantitative estimate of drug-likeness (QED) is 0.722. The van der Waals surface area contributed by atoms with Crippen LogP contribution in [0, 0.1) is 11.8 Å². The lowest BCUT2D eigenvalue weighted by Crippen LogP contribution is -2.54. The number of carbonyl (C=O) groups is 2. The van der Waals surface area contributed by atoms with E-state index in [1.165, 1.54) is 0 Å². The zero-order chi connectivity index (χ0) is 21.3. The van der Waals surface area contributed by atoms with Crippen molar-refractivity contribution in [2.75, 3.05) is 25.0 Å². The second-order valence-corrected chi connectivity index (χ2v) is 8.10. The fraction of sp³-hybridized carbons (Fsp3) is 0.417. The molecule has 160 valence electrons. The molecule has 2 aromatic rings. The summed E-state index contributed by atoms with van der Waals surface area (Å²) in [7, 11) is 0. The first-order valence-electron chi connectivity index (χ1n) is 10.6. The maximum absolute atomic E-state index is 13.2. The molecule has 1 fully saturated rings. The third kappa shape index (κ3) is 6.24. The molecule has 0 saturated carbocycles. The van der Waals surface area contributed by atoms with Crippen molar-refractivity contribution in [1.82, 2.24) is 10.2 Å². The number of anilines is 1. The molecule has 6 heteroatoms. The molecular formula is C24H31N3O3. The number of hydrogen-bond donors (Lipinski definition) is 2. The van der Waals surface area contributed by atoms with Crippen LogP contribution in [0.5, 0.6) is 5.75 Å². The van der Waals surface area contributed by atoms with E-state index in [9.17, 15) is 9.59 Å². The molecule has 1 heterocycles. The highest BCUT2D eigenvalue weighted by atomic mass is 16.5. The van der Waals surface area contributed by atoms with Crippen molar-refractivity contribution in [2.45, 2.75) is 32.7 Å². The summed E-state index contributed by atoms with van der Waals surface area (Å²) in [6.07, 6.45) is 1.97. The minimum atomic E-state index is -0.567. The van der Waals surface area contributed by atoms with E-state index in [2.05, 4.69) is 10.6 Å². The summed E-state index contributed by atoms with van der Waals surface area (Å²) in [5, 5.41) is 5.65. The highest BCUT2D eigenvalue weighted by molar-refractivity contribution is 5.93. The maximum atomic E-state index is 13.2. The molecule has 30 heavy (non-hydrogen) atoms. The van der Waals surface area contributed by atoms with E-state index in [1.54, 1.807) is 0 Å². The first-order chi connectivity index (χ1) is 14.5. The fourth-order valence-corrected chi connectivity index (χ4v) is 3.67. The molecule has 1 saturated heterocycles. The van der Waals surface area contributed by atoms with Crippen molar-refractivity contribution in [3.63, 3.8) is 0 Å². The number of hydrogen-bond acceptors (Lipinski definition) is 3. The summed E-state index contributed by atoms with van der Waals surface area (Å²) >= 11 is 0. The number of piperidine rings is 1. The van der Waals surface area contributed by atoms with Crippen molar-refractivity contribution in [3.05, 3.63) is 60.7 Å². The summed E-state index contributed by atoms with van der Waals surface area (Å²) in [6.45, 7) is 5.85. The van der Waals surface area contributed by atoms with Crippen LogP contribution in [0.15, 0.2) is 60.7 Å². The summed E-state index contributed by atoms with van der Waals surface area (Å²) in [4.78, 5) is 27.5. The Morgan fingerprint density at radius 2 is 1.73 bits per heavy atom. The molecule has 3 amide bonds. The van der Waals surface area contributed by atoms with E-state index in [0.717, 1.165) is 18.6 Å². The number of benzene rings is 2. The predicted octanol–water partition coefficient (Wildman–Crippen LogP) is 4.15. The van der Waals surface area contributed by atoms with Gasteiger partial charge in [-0.1, -0.05) is 50.2 Å². The Bertz CT molecular complexity index is 811. The highest BCUT2D eigenvalue weighted by Crippen LogP contribution is 2.20. The van der Waals surface area contributed by atoms with Crippen LogP contribution in [0.25, 0.3) is 0 Å². The number of nitrogens with zero attached hydrogens (tertiary/aromatic N) is 1. The number of amides is 3. The van der Waals surface area contributed by atoms with Crippen molar-refractivity contribution < 1.29 is 14.3 Å². The molecule has 6 nitrogen and oxygen atoms in total. The van der Waals surface area contributed by atoms with Gasteiger partial charge >= 0.3 is 6.03 Å². The molecule has 1 aliphatic heterocycles. The molecule has 1 aliphatic rings. The van der Waals surface area contributed by atoms with Gasteiger partial charge in [0.2, 0.25) is 5.91 Å². The van der Waals surface area contributed by atoms with Crippen LogP contribution in [0.4, 0.5) is 10.5 Å². The number of likely N-dealkylation sites (tertiary alicyclic amines) is 1. The largest absolute Gasteiger partial charge is 0.493 e. The Labute approximate surface area is 178 Å². The van der Waals surface area contributed by atoms with E-state index in [4.69, 9.17) is 4.74 Å². The molecule has 2 atom stereocenters. The second kappa shape index (κ2) is 10.7. The topological polar surface area (TPSA) is 70.7 Å². The van der Waals surface area contributed by atoms with Gasteiger partial charge in [0.05, 0.1) is 6.61 Å². The van der Waals surface area contributed by atoms with Crippen LogP contribution >= 0.6 is 0 Å². The molecular weight excluding hydrogens is 378 g/mol. The summed E-state index contributed by atoms with van der Waals surface area (Å²) in [5.41, 5.74) is 0.695. The van der Waals surface area contributed by atoms with Crippen molar-refractivity contribution in [2.24, 2.45) is 11.8 Å². The van der Waals surface area contributed by atoms with Gasteiger partial charge in [0.1, 0.15) is 11.8 Å². The highest BCUT2D eigenvalue weighted by Gasteiger charge is 2.32. The number of para-hydroxylation sites is 2. The Morgan fingerprint density at radius 1 is 1.07 bits per heavy atom. The van der Waals surface area contributed by atoms with Crippen LogP contribution in [-0.2, 0) is 4.79 Å². The lowest BCUT2D eigenvalue weighted by atomic mass is 9.96. The van der Waals surface area contributed by atoms with Gasteiger partial charge in [0.15, 0.2) is 0 Å².